The highest BCUT2D eigenvalue weighted by Crippen LogP contribution is 2.07. The summed E-state index contributed by atoms with van der Waals surface area (Å²) in [4.78, 5) is 21.1. The van der Waals surface area contributed by atoms with Gasteiger partial charge < -0.3 is 15.4 Å². The van der Waals surface area contributed by atoms with Gasteiger partial charge in [-0.15, -0.1) is 0 Å². The average Bonchev–Trinajstić information content (AvgIpc) is 2.28. The van der Waals surface area contributed by atoms with Crippen LogP contribution in [0.2, 0.25) is 0 Å². The average molecular weight is 208 g/mol. The Hall–Kier alpha value is -1.42. The van der Waals surface area contributed by atoms with E-state index in [1.165, 1.54) is 5.57 Å². The third-order valence-corrected chi connectivity index (χ3v) is 2.07. The van der Waals surface area contributed by atoms with Gasteiger partial charge in [0.2, 0.25) is 5.91 Å². The molecular weight excluding hydrogens is 192 g/mol. The van der Waals surface area contributed by atoms with Crippen LogP contribution < -0.4 is 10.6 Å². The molecule has 0 fully saturated rings. The van der Waals surface area contributed by atoms with E-state index in [0.29, 0.717) is 12.8 Å². The quantitative estimate of drug-likeness (QED) is 0.612. The maximum atomic E-state index is 11.1. The van der Waals surface area contributed by atoms with Crippen molar-refractivity contribution in [3.8, 4) is 0 Å². The van der Waals surface area contributed by atoms with Crippen LogP contribution in [-0.4, -0.2) is 31.8 Å². The first-order valence-corrected chi connectivity index (χ1v) is 5.09. The monoisotopic (exact) mass is 208 g/mol. The molecule has 0 aromatic heterocycles. The summed E-state index contributed by atoms with van der Waals surface area (Å²) in [5, 5.41) is 5.48. The van der Waals surface area contributed by atoms with Crippen LogP contribution in [0.4, 0.5) is 0 Å². The second kappa shape index (κ2) is 6.95. The zero-order valence-corrected chi connectivity index (χ0v) is 8.66. The van der Waals surface area contributed by atoms with Crippen LogP contribution >= 0.6 is 0 Å². The lowest BCUT2D eigenvalue weighted by molar-refractivity contribution is -0.121. The molecule has 0 bridgehead atoms. The zero-order chi connectivity index (χ0) is 10.9. The highest BCUT2D eigenvalue weighted by Gasteiger charge is 2.00. The molecule has 0 saturated heterocycles. The predicted molar refractivity (Wildman–Crippen MR) is 58.4 cm³/mol. The highest BCUT2D eigenvalue weighted by atomic mass is 16.2. The third-order valence-electron chi connectivity index (χ3n) is 2.07. The maximum Gasteiger partial charge on any atom is 0.234 e. The fourth-order valence-electron chi connectivity index (χ4n) is 1.34. The van der Waals surface area contributed by atoms with E-state index in [1.54, 1.807) is 0 Å². The Morgan fingerprint density at radius 3 is 3.00 bits per heavy atom. The molecule has 4 heteroatoms. The van der Waals surface area contributed by atoms with Crippen molar-refractivity contribution in [1.82, 2.24) is 10.6 Å². The molecular formula is C11H16N2O2. The normalized spacial score (nSPS) is 14.5. The molecule has 0 aromatic carbocycles. The number of nitrogens with one attached hydrogen (secondary N) is 2. The molecule has 0 unspecified atom stereocenters. The largest absolute Gasteiger partial charge is 0.348 e. The number of hydrogen-bond donors (Lipinski definition) is 2. The summed E-state index contributed by atoms with van der Waals surface area (Å²) in [6, 6.07) is 0. The van der Waals surface area contributed by atoms with E-state index < -0.39 is 0 Å². The van der Waals surface area contributed by atoms with E-state index in [1.807, 2.05) is 0 Å². The summed E-state index contributed by atoms with van der Waals surface area (Å²) in [5.74, 6) is -0.150. The first-order valence-electron chi connectivity index (χ1n) is 5.09. The molecule has 1 aliphatic carbocycles. The van der Waals surface area contributed by atoms with Gasteiger partial charge in [0.1, 0.15) is 6.29 Å². The number of aldehydes is 1. The Bertz CT molecular complexity index is 282. The summed E-state index contributed by atoms with van der Waals surface area (Å²) in [5.41, 5.74) is 1.21. The lowest BCUT2D eigenvalue weighted by atomic mass is 10.1. The molecule has 0 heterocycles. The van der Waals surface area contributed by atoms with Gasteiger partial charge in [0.25, 0.3) is 0 Å². The van der Waals surface area contributed by atoms with Crippen LogP contribution in [0.5, 0.6) is 0 Å². The fourth-order valence-corrected chi connectivity index (χ4v) is 1.34. The number of amides is 1. The van der Waals surface area contributed by atoms with Crippen molar-refractivity contribution >= 4 is 12.2 Å². The molecule has 0 aromatic rings. The first-order chi connectivity index (χ1) is 7.33. The van der Waals surface area contributed by atoms with Crippen molar-refractivity contribution in [2.45, 2.75) is 12.8 Å². The van der Waals surface area contributed by atoms with E-state index in [4.69, 9.17) is 0 Å². The number of carbonyl (C=O) groups excluding carboxylic acids is 2. The number of allylic oxidation sites excluding steroid dienone is 2. The third kappa shape index (κ3) is 5.12. The first kappa shape index (κ1) is 11.7. The van der Waals surface area contributed by atoms with Gasteiger partial charge in [-0.1, -0.05) is 18.2 Å². The van der Waals surface area contributed by atoms with Crippen molar-refractivity contribution in [3.63, 3.8) is 0 Å². The Kier molecular flexibility index (Phi) is 5.40. The van der Waals surface area contributed by atoms with Crippen LogP contribution in [0.3, 0.4) is 0 Å². The molecule has 0 spiro atoms. The minimum atomic E-state index is -0.150. The molecule has 0 radical (unpaired) electrons. The van der Waals surface area contributed by atoms with Crippen molar-refractivity contribution in [1.29, 1.82) is 0 Å². The SMILES string of the molecule is O=CCNC(=O)CNCC1=CCCC=C1. The molecule has 1 aliphatic rings. The summed E-state index contributed by atoms with van der Waals surface area (Å²) in [6.45, 7) is 1.03. The fraction of sp³-hybridized carbons (Fsp3) is 0.455. The maximum absolute atomic E-state index is 11.1. The number of hydrogen-bond acceptors (Lipinski definition) is 3. The second-order valence-electron chi connectivity index (χ2n) is 3.33. The van der Waals surface area contributed by atoms with Crippen LogP contribution in [0.25, 0.3) is 0 Å². The lowest BCUT2D eigenvalue weighted by Crippen LogP contribution is -2.35. The van der Waals surface area contributed by atoms with Crippen molar-refractivity contribution in [2.24, 2.45) is 0 Å². The van der Waals surface area contributed by atoms with E-state index in [2.05, 4.69) is 28.9 Å². The minimum absolute atomic E-state index is 0.0864. The van der Waals surface area contributed by atoms with Gasteiger partial charge in [-0.3, -0.25) is 4.79 Å². The van der Waals surface area contributed by atoms with Gasteiger partial charge in [-0.2, -0.15) is 0 Å². The Balaban J connectivity index is 2.10. The molecule has 4 nitrogen and oxygen atoms in total. The van der Waals surface area contributed by atoms with Crippen LogP contribution in [-0.2, 0) is 9.59 Å². The number of carbonyl (C=O) groups is 2. The molecule has 2 N–H and O–H groups in total. The summed E-state index contributed by atoms with van der Waals surface area (Å²) >= 11 is 0. The highest BCUT2D eigenvalue weighted by molar-refractivity contribution is 5.80. The predicted octanol–water partition coefficient (Wildman–Crippen LogP) is 0.167. The van der Waals surface area contributed by atoms with Gasteiger partial charge in [-0.05, 0) is 18.4 Å². The van der Waals surface area contributed by atoms with E-state index in [0.717, 1.165) is 12.8 Å². The lowest BCUT2D eigenvalue weighted by Gasteiger charge is -2.08. The molecule has 82 valence electrons. The van der Waals surface area contributed by atoms with E-state index in [9.17, 15) is 9.59 Å². The van der Waals surface area contributed by atoms with Gasteiger partial charge in [0.05, 0.1) is 13.1 Å². The van der Waals surface area contributed by atoms with Gasteiger partial charge in [0, 0.05) is 6.54 Å². The number of rotatable bonds is 6. The molecule has 0 atom stereocenters. The minimum Gasteiger partial charge on any atom is -0.348 e. The molecule has 0 saturated carbocycles. The Morgan fingerprint density at radius 1 is 1.47 bits per heavy atom. The molecule has 1 rings (SSSR count). The van der Waals surface area contributed by atoms with Gasteiger partial charge >= 0.3 is 0 Å². The Labute approximate surface area is 89.4 Å². The second-order valence-corrected chi connectivity index (χ2v) is 3.33. The molecule has 15 heavy (non-hydrogen) atoms. The van der Waals surface area contributed by atoms with Gasteiger partial charge in [0.15, 0.2) is 0 Å². The molecule has 0 aliphatic heterocycles. The summed E-state index contributed by atoms with van der Waals surface area (Å²) in [6.07, 6.45) is 9.21. The summed E-state index contributed by atoms with van der Waals surface area (Å²) < 4.78 is 0. The van der Waals surface area contributed by atoms with E-state index in [-0.39, 0.29) is 19.0 Å². The molecule has 1 amide bonds. The van der Waals surface area contributed by atoms with Crippen molar-refractivity contribution < 1.29 is 9.59 Å². The van der Waals surface area contributed by atoms with Crippen molar-refractivity contribution in [2.75, 3.05) is 19.6 Å². The topological polar surface area (TPSA) is 58.2 Å². The van der Waals surface area contributed by atoms with Crippen LogP contribution in [0, 0.1) is 0 Å². The van der Waals surface area contributed by atoms with Gasteiger partial charge in [-0.25, -0.2) is 0 Å². The zero-order valence-electron chi connectivity index (χ0n) is 8.66. The smallest absolute Gasteiger partial charge is 0.234 e. The van der Waals surface area contributed by atoms with Crippen LogP contribution in [0.15, 0.2) is 23.8 Å². The standard InChI is InChI=1S/C11H16N2O2/c14-7-6-13-11(15)9-12-8-10-4-2-1-3-5-10/h2,4-5,7,12H,1,3,6,8-9H2,(H,13,15). The van der Waals surface area contributed by atoms with E-state index >= 15 is 0 Å². The van der Waals surface area contributed by atoms with Crippen molar-refractivity contribution in [3.05, 3.63) is 23.8 Å². The van der Waals surface area contributed by atoms with Crippen LogP contribution in [0.1, 0.15) is 12.8 Å². The summed E-state index contributed by atoms with van der Waals surface area (Å²) in [7, 11) is 0. The Morgan fingerprint density at radius 2 is 2.33 bits per heavy atom.